The molecule has 0 aliphatic heterocycles. The quantitative estimate of drug-likeness (QED) is 0.359. The summed E-state index contributed by atoms with van der Waals surface area (Å²) in [5.41, 5.74) is 3.37. The van der Waals surface area contributed by atoms with Crippen LogP contribution in [-0.2, 0) is 0 Å². The molecule has 0 saturated heterocycles. The maximum absolute atomic E-state index is 13.2. The third kappa shape index (κ3) is 4.35. The molecule has 1 aromatic heterocycles. The molecule has 1 heterocycles. The van der Waals surface area contributed by atoms with E-state index in [2.05, 4.69) is 10.4 Å². The molecule has 7 nitrogen and oxygen atoms in total. The third-order valence-electron chi connectivity index (χ3n) is 4.96. The Morgan fingerprint density at radius 1 is 0.968 bits per heavy atom. The lowest BCUT2D eigenvalue weighted by atomic mass is 10.1. The van der Waals surface area contributed by atoms with E-state index in [1.165, 1.54) is 16.8 Å². The average molecular weight is 412 g/mol. The summed E-state index contributed by atoms with van der Waals surface area (Å²) in [7, 11) is 0. The Labute approximate surface area is 179 Å². The van der Waals surface area contributed by atoms with E-state index in [-0.39, 0.29) is 17.6 Å². The minimum atomic E-state index is -0.461. The molecule has 0 bridgehead atoms. The number of amides is 1. The molecule has 1 atom stereocenters. The molecule has 4 rings (SSSR count). The molecule has 154 valence electrons. The van der Waals surface area contributed by atoms with Crippen LogP contribution in [0.3, 0.4) is 0 Å². The Balaban J connectivity index is 1.72. The number of nitro benzene ring substituents is 1. The van der Waals surface area contributed by atoms with Gasteiger partial charge >= 0.3 is 0 Å². The molecule has 31 heavy (non-hydrogen) atoms. The zero-order chi connectivity index (χ0) is 21.8. The number of hydrogen-bond acceptors (Lipinski definition) is 4. The molecular weight excluding hydrogens is 392 g/mol. The molecule has 4 aromatic rings. The van der Waals surface area contributed by atoms with Gasteiger partial charge in [0.25, 0.3) is 11.6 Å². The Morgan fingerprint density at radius 2 is 1.58 bits per heavy atom. The van der Waals surface area contributed by atoms with Crippen molar-refractivity contribution >= 4 is 11.6 Å². The number of carbonyl (C=O) groups excluding carboxylic acids is 1. The zero-order valence-electron chi connectivity index (χ0n) is 16.8. The smallest absolute Gasteiger partial charge is 0.270 e. The summed E-state index contributed by atoms with van der Waals surface area (Å²) >= 11 is 0. The van der Waals surface area contributed by atoms with E-state index in [9.17, 15) is 14.9 Å². The van der Waals surface area contributed by atoms with Gasteiger partial charge in [0.2, 0.25) is 0 Å². The van der Waals surface area contributed by atoms with Gasteiger partial charge < -0.3 is 5.32 Å². The van der Waals surface area contributed by atoms with Crippen molar-refractivity contribution in [1.29, 1.82) is 0 Å². The van der Waals surface area contributed by atoms with E-state index in [0.29, 0.717) is 17.1 Å². The van der Waals surface area contributed by atoms with E-state index in [0.717, 1.165) is 11.1 Å². The topological polar surface area (TPSA) is 90.1 Å². The molecule has 1 amide bonds. The van der Waals surface area contributed by atoms with Crippen molar-refractivity contribution in [2.75, 3.05) is 0 Å². The first-order chi connectivity index (χ1) is 15.0. The monoisotopic (exact) mass is 412 g/mol. The van der Waals surface area contributed by atoms with Crippen LogP contribution in [0.1, 0.15) is 29.0 Å². The molecule has 7 heteroatoms. The lowest BCUT2D eigenvalue weighted by Gasteiger charge is -2.15. The van der Waals surface area contributed by atoms with Gasteiger partial charge in [0.05, 0.1) is 22.3 Å². The average Bonchev–Trinajstić information content (AvgIpc) is 3.26. The Bertz CT molecular complexity index is 1200. The van der Waals surface area contributed by atoms with Crippen molar-refractivity contribution in [3.8, 4) is 16.9 Å². The number of non-ortho nitro benzene ring substituents is 1. The minimum absolute atomic E-state index is 0.0251. The number of rotatable bonds is 6. The number of benzene rings is 3. The molecule has 0 aliphatic carbocycles. The lowest BCUT2D eigenvalue weighted by molar-refractivity contribution is -0.384. The highest BCUT2D eigenvalue weighted by molar-refractivity contribution is 5.94. The molecule has 0 spiro atoms. The summed E-state index contributed by atoms with van der Waals surface area (Å²) in [6.45, 7) is 1.91. The number of nitrogens with one attached hydrogen (secondary N) is 1. The van der Waals surface area contributed by atoms with E-state index in [1.807, 2.05) is 67.6 Å². The molecule has 3 aromatic carbocycles. The SMILES string of the molecule is C[C@@H](NC(=O)c1cc(-c2ccccc2)nn1-c1ccc([N+](=O)[O-])cc1)c1ccccc1. The molecule has 0 saturated carbocycles. The van der Waals surface area contributed by atoms with E-state index in [1.54, 1.807) is 18.2 Å². The maximum Gasteiger partial charge on any atom is 0.270 e. The maximum atomic E-state index is 13.2. The van der Waals surface area contributed by atoms with Crippen LogP contribution in [0.15, 0.2) is 91.0 Å². The van der Waals surface area contributed by atoms with Gasteiger partial charge in [-0.15, -0.1) is 0 Å². The zero-order valence-corrected chi connectivity index (χ0v) is 16.8. The first kappa shape index (κ1) is 20.0. The van der Waals surface area contributed by atoms with Crippen LogP contribution in [0.25, 0.3) is 16.9 Å². The van der Waals surface area contributed by atoms with Crippen LogP contribution in [0, 0.1) is 10.1 Å². The normalized spacial score (nSPS) is 11.6. The highest BCUT2D eigenvalue weighted by Crippen LogP contribution is 2.24. The van der Waals surface area contributed by atoms with Gasteiger partial charge in [-0.25, -0.2) is 4.68 Å². The first-order valence-electron chi connectivity index (χ1n) is 9.79. The number of nitro groups is 1. The second kappa shape index (κ2) is 8.62. The molecule has 1 N–H and O–H groups in total. The first-order valence-corrected chi connectivity index (χ1v) is 9.79. The van der Waals surface area contributed by atoms with Gasteiger partial charge in [-0.3, -0.25) is 14.9 Å². The lowest BCUT2D eigenvalue weighted by Crippen LogP contribution is -2.28. The fraction of sp³-hybridized carbons (Fsp3) is 0.0833. The Morgan fingerprint density at radius 3 is 2.19 bits per heavy atom. The summed E-state index contributed by atoms with van der Waals surface area (Å²) in [6, 6.07) is 26.7. The van der Waals surface area contributed by atoms with Gasteiger partial charge in [0.15, 0.2) is 0 Å². The van der Waals surface area contributed by atoms with Gasteiger partial charge in [0.1, 0.15) is 5.69 Å². The van der Waals surface area contributed by atoms with Crippen LogP contribution in [0.4, 0.5) is 5.69 Å². The van der Waals surface area contributed by atoms with Gasteiger partial charge in [-0.2, -0.15) is 5.10 Å². The van der Waals surface area contributed by atoms with Crippen molar-refractivity contribution in [3.05, 3.63) is 112 Å². The van der Waals surface area contributed by atoms with Crippen molar-refractivity contribution in [3.63, 3.8) is 0 Å². The second-order valence-electron chi connectivity index (χ2n) is 7.07. The number of carbonyl (C=O) groups is 1. The Kier molecular flexibility index (Phi) is 5.57. The van der Waals surface area contributed by atoms with E-state index >= 15 is 0 Å². The fourth-order valence-corrected chi connectivity index (χ4v) is 3.30. The van der Waals surface area contributed by atoms with Crippen LogP contribution in [0.2, 0.25) is 0 Å². The molecule has 0 radical (unpaired) electrons. The minimum Gasteiger partial charge on any atom is -0.344 e. The second-order valence-corrected chi connectivity index (χ2v) is 7.07. The summed E-state index contributed by atoms with van der Waals surface area (Å²) < 4.78 is 1.51. The Hall–Kier alpha value is -4.26. The highest BCUT2D eigenvalue weighted by Gasteiger charge is 2.20. The summed E-state index contributed by atoms with van der Waals surface area (Å²) in [5.74, 6) is -0.288. The predicted octanol–water partition coefficient (Wildman–Crippen LogP) is 4.94. The van der Waals surface area contributed by atoms with Crippen molar-refractivity contribution in [2.24, 2.45) is 0 Å². The number of aromatic nitrogens is 2. The van der Waals surface area contributed by atoms with Crippen LogP contribution >= 0.6 is 0 Å². The van der Waals surface area contributed by atoms with Crippen LogP contribution in [-0.4, -0.2) is 20.6 Å². The third-order valence-corrected chi connectivity index (χ3v) is 4.96. The van der Waals surface area contributed by atoms with Gasteiger partial charge in [-0.1, -0.05) is 60.7 Å². The van der Waals surface area contributed by atoms with Crippen molar-refractivity contribution in [1.82, 2.24) is 15.1 Å². The van der Waals surface area contributed by atoms with Crippen LogP contribution < -0.4 is 5.32 Å². The predicted molar refractivity (Wildman–Crippen MR) is 118 cm³/mol. The molecule has 0 fully saturated rings. The fourth-order valence-electron chi connectivity index (χ4n) is 3.30. The molecular formula is C24H20N4O3. The van der Waals surface area contributed by atoms with Gasteiger partial charge in [-0.05, 0) is 30.7 Å². The van der Waals surface area contributed by atoms with Gasteiger partial charge in [0, 0.05) is 17.7 Å². The summed E-state index contributed by atoms with van der Waals surface area (Å²) in [4.78, 5) is 23.7. The molecule has 0 aliphatic rings. The van der Waals surface area contributed by atoms with Crippen molar-refractivity contribution < 1.29 is 9.72 Å². The standard InChI is InChI=1S/C24H20N4O3/c1-17(18-8-4-2-5-9-18)25-24(29)23-16-22(19-10-6-3-7-11-19)26-27(23)20-12-14-21(15-13-20)28(30)31/h2-17H,1H3,(H,25,29)/t17-/m1/s1. The number of hydrogen-bond donors (Lipinski definition) is 1. The summed E-state index contributed by atoms with van der Waals surface area (Å²) in [5, 5.41) is 18.6. The summed E-state index contributed by atoms with van der Waals surface area (Å²) in [6.07, 6.45) is 0. The number of nitrogens with zero attached hydrogens (tertiary/aromatic N) is 3. The molecule has 0 unspecified atom stereocenters. The van der Waals surface area contributed by atoms with E-state index < -0.39 is 4.92 Å². The van der Waals surface area contributed by atoms with E-state index in [4.69, 9.17) is 0 Å². The highest BCUT2D eigenvalue weighted by atomic mass is 16.6. The van der Waals surface area contributed by atoms with Crippen LogP contribution in [0.5, 0.6) is 0 Å². The van der Waals surface area contributed by atoms with Crippen molar-refractivity contribution in [2.45, 2.75) is 13.0 Å². The largest absolute Gasteiger partial charge is 0.344 e.